The highest BCUT2D eigenvalue weighted by molar-refractivity contribution is 9.10. The molecule has 236 valence electrons. The third kappa shape index (κ3) is 9.10. The fourth-order valence-corrected chi connectivity index (χ4v) is 7.07. The van der Waals surface area contributed by atoms with E-state index < -0.39 is 28.5 Å². The molecule has 2 amide bonds. The Hall–Kier alpha value is -3.37. The molecule has 45 heavy (non-hydrogen) atoms. The van der Waals surface area contributed by atoms with Crippen LogP contribution < -0.4 is 9.62 Å². The number of nitrogens with one attached hydrogen (secondary N) is 1. The number of carbonyl (C=O) groups excluding carboxylic acids is 2. The fourth-order valence-electron chi connectivity index (χ4n) is 4.73. The zero-order valence-electron chi connectivity index (χ0n) is 24.9. The summed E-state index contributed by atoms with van der Waals surface area (Å²) < 4.78 is 30.0. The third-order valence-electron chi connectivity index (χ3n) is 7.01. The Morgan fingerprint density at radius 1 is 0.844 bits per heavy atom. The fraction of sp³-hybridized carbons (Fsp3) is 0.235. The lowest BCUT2D eigenvalue weighted by atomic mass is 10.0. The molecule has 0 fully saturated rings. The molecule has 0 spiro atoms. The second-order valence-electron chi connectivity index (χ2n) is 10.9. The van der Waals surface area contributed by atoms with Crippen molar-refractivity contribution in [3.05, 3.63) is 129 Å². The maximum Gasteiger partial charge on any atom is 0.264 e. The van der Waals surface area contributed by atoms with Gasteiger partial charge in [0.15, 0.2) is 0 Å². The summed E-state index contributed by atoms with van der Waals surface area (Å²) in [5.74, 6) is -0.752. The quantitative estimate of drug-likeness (QED) is 0.156. The van der Waals surface area contributed by atoms with E-state index in [-0.39, 0.29) is 45.4 Å². The van der Waals surface area contributed by atoms with Crippen molar-refractivity contribution < 1.29 is 18.0 Å². The number of carbonyl (C=O) groups is 2. The summed E-state index contributed by atoms with van der Waals surface area (Å²) in [5.41, 5.74) is 1.65. The van der Waals surface area contributed by atoms with Crippen molar-refractivity contribution in [1.82, 2.24) is 10.2 Å². The monoisotopic (exact) mass is 729 g/mol. The van der Waals surface area contributed by atoms with Crippen LogP contribution in [0.25, 0.3) is 0 Å². The molecule has 0 aromatic heterocycles. The number of hydrogen-bond acceptors (Lipinski definition) is 4. The molecule has 0 heterocycles. The average Bonchev–Trinajstić information content (AvgIpc) is 3.02. The second-order valence-corrected chi connectivity index (χ2v) is 14.5. The van der Waals surface area contributed by atoms with Gasteiger partial charge in [0, 0.05) is 24.0 Å². The molecule has 0 saturated carbocycles. The summed E-state index contributed by atoms with van der Waals surface area (Å²) in [4.78, 5) is 29.8. The molecule has 0 bridgehead atoms. The second kappa shape index (κ2) is 15.8. The smallest absolute Gasteiger partial charge is 0.264 e. The first kappa shape index (κ1) is 34.5. The summed E-state index contributed by atoms with van der Waals surface area (Å²) in [6.07, 6.45) is 0.216. The van der Waals surface area contributed by atoms with Gasteiger partial charge in [-0.25, -0.2) is 8.42 Å². The van der Waals surface area contributed by atoms with Gasteiger partial charge in [-0.1, -0.05) is 120 Å². The average molecular weight is 732 g/mol. The number of sulfonamides is 1. The van der Waals surface area contributed by atoms with Crippen molar-refractivity contribution in [2.24, 2.45) is 5.92 Å². The van der Waals surface area contributed by atoms with Crippen LogP contribution in [0.2, 0.25) is 10.0 Å². The van der Waals surface area contributed by atoms with Crippen LogP contribution in [0.1, 0.15) is 25.0 Å². The predicted octanol–water partition coefficient (Wildman–Crippen LogP) is 7.36. The zero-order valence-corrected chi connectivity index (χ0v) is 28.8. The van der Waals surface area contributed by atoms with E-state index in [9.17, 15) is 18.0 Å². The van der Waals surface area contributed by atoms with E-state index >= 15 is 0 Å². The highest BCUT2D eigenvalue weighted by atomic mass is 79.9. The molecular weight excluding hydrogens is 697 g/mol. The van der Waals surface area contributed by atoms with E-state index in [2.05, 4.69) is 21.2 Å². The topological polar surface area (TPSA) is 86.8 Å². The van der Waals surface area contributed by atoms with Crippen molar-refractivity contribution in [1.29, 1.82) is 0 Å². The summed E-state index contributed by atoms with van der Waals surface area (Å²) >= 11 is 16.4. The minimum absolute atomic E-state index is 0.0134. The van der Waals surface area contributed by atoms with E-state index in [1.807, 2.05) is 68.4 Å². The number of nitrogens with zero attached hydrogens (tertiary/aromatic N) is 2. The molecule has 1 N–H and O–H groups in total. The molecule has 0 aliphatic rings. The van der Waals surface area contributed by atoms with Crippen molar-refractivity contribution >= 4 is 66.7 Å². The van der Waals surface area contributed by atoms with Crippen molar-refractivity contribution in [3.63, 3.8) is 0 Å². The Balaban J connectivity index is 1.82. The molecule has 4 aromatic rings. The van der Waals surface area contributed by atoms with Crippen LogP contribution in [0, 0.1) is 5.92 Å². The lowest BCUT2D eigenvalue weighted by Crippen LogP contribution is -2.53. The molecule has 0 aliphatic heterocycles. The first-order valence-corrected chi connectivity index (χ1v) is 17.3. The lowest BCUT2D eigenvalue weighted by Gasteiger charge is -2.34. The van der Waals surface area contributed by atoms with E-state index in [4.69, 9.17) is 23.2 Å². The van der Waals surface area contributed by atoms with Crippen LogP contribution in [0.5, 0.6) is 0 Å². The molecule has 7 nitrogen and oxygen atoms in total. The van der Waals surface area contributed by atoms with Gasteiger partial charge in [0.1, 0.15) is 12.6 Å². The Morgan fingerprint density at radius 3 is 2.11 bits per heavy atom. The van der Waals surface area contributed by atoms with Gasteiger partial charge in [-0.3, -0.25) is 13.9 Å². The van der Waals surface area contributed by atoms with E-state index in [0.29, 0.717) is 6.54 Å². The zero-order chi connectivity index (χ0) is 32.6. The van der Waals surface area contributed by atoms with Crippen LogP contribution in [0.15, 0.2) is 112 Å². The van der Waals surface area contributed by atoms with Gasteiger partial charge in [0.2, 0.25) is 11.8 Å². The summed E-state index contributed by atoms with van der Waals surface area (Å²) in [6, 6.07) is 28.3. The largest absolute Gasteiger partial charge is 0.354 e. The maximum atomic E-state index is 14.5. The Kier molecular flexibility index (Phi) is 12.1. The number of hydrogen-bond donors (Lipinski definition) is 1. The van der Waals surface area contributed by atoms with Crippen LogP contribution in [0.3, 0.4) is 0 Å². The predicted molar refractivity (Wildman–Crippen MR) is 184 cm³/mol. The molecule has 0 radical (unpaired) electrons. The first-order chi connectivity index (χ1) is 21.5. The minimum atomic E-state index is -4.29. The molecule has 1 unspecified atom stereocenters. The van der Waals surface area contributed by atoms with Crippen LogP contribution >= 0.6 is 39.1 Å². The minimum Gasteiger partial charge on any atom is -0.354 e. The molecule has 0 aliphatic carbocycles. The normalized spacial score (nSPS) is 12.0. The van der Waals surface area contributed by atoms with Crippen LogP contribution in [-0.2, 0) is 32.6 Å². The molecular formula is C34H34BrCl2N3O4S. The van der Waals surface area contributed by atoms with Gasteiger partial charge in [-0.05, 0) is 53.4 Å². The van der Waals surface area contributed by atoms with Crippen LogP contribution in [0.4, 0.5) is 5.69 Å². The molecule has 4 aromatic carbocycles. The van der Waals surface area contributed by atoms with Gasteiger partial charge >= 0.3 is 0 Å². The Labute approximate surface area is 283 Å². The highest BCUT2D eigenvalue weighted by Crippen LogP contribution is 2.35. The van der Waals surface area contributed by atoms with Gasteiger partial charge < -0.3 is 10.2 Å². The number of amides is 2. The standard InChI is InChI=1S/C34H34BrCl2N3O4S/c1-24(2)21-38-34(42)31(20-25-11-5-3-6-12-25)39(22-26-13-9-14-27(35)19-26)32(41)23-40(30-18-10-17-29(36)33(30)37)45(43,44)28-15-7-4-8-16-28/h3-19,24,31H,20-23H2,1-2H3,(H,38,42). The van der Waals surface area contributed by atoms with Gasteiger partial charge in [0.05, 0.1) is 20.6 Å². The van der Waals surface area contributed by atoms with Gasteiger partial charge in [-0.2, -0.15) is 0 Å². The summed E-state index contributed by atoms with van der Waals surface area (Å²) in [7, 11) is -4.29. The van der Waals surface area contributed by atoms with E-state index in [1.165, 1.54) is 29.2 Å². The van der Waals surface area contributed by atoms with E-state index in [0.717, 1.165) is 19.9 Å². The van der Waals surface area contributed by atoms with Gasteiger partial charge in [0.25, 0.3) is 10.0 Å². The Bertz CT molecular complexity index is 1720. The first-order valence-electron chi connectivity index (χ1n) is 14.3. The summed E-state index contributed by atoms with van der Waals surface area (Å²) in [5, 5.41) is 3.10. The van der Waals surface area contributed by atoms with Gasteiger partial charge in [-0.15, -0.1) is 0 Å². The Morgan fingerprint density at radius 2 is 1.47 bits per heavy atom. The number of benzene rings is 4. The molecule has 1 atom stereocenters. The SMILES string of the molecule is CC(C)CNC(=O)C(Cc1ccccc1)N(Cc1cccc(Br)c1)C(=O)CN(c1cccc(Cl)c1Cl)S(=O)(=O)c1ccccc1. The number of halogens is 3. The maximum absolute atomic E-state index is 14.5. The highest BCUT2D eigenvalue weighted by Gasteiger charge is 2.35. The van der Waals surface area contributed by atoms with Crippen molar-refractivity contribution in [3.8, 4) is 0 Å². The summed E-state index contributed by atoms with van der Waals surface area (Å²) in [6.45, 7) is 3.80. The van der Waals surface area contributed by atoms with Crippen molar-refractivity contribution in [2.45, 2.75) is 37.8 Å². The number of anilines is 1. The lowest BCUT2D eigenvalue weighted by molar-refractivity contribution is -0.140. The number of rotatable bonds is 13. The van der Waals surface area contributed by atoms with Crippen molar-refractivity contribution in [2.75, 3.05) is 17.4 Å². The van der Waals surface area contributed by atoms with E-state index in [1.54, 1.807) is 24.3 Å². The molecule has 4 rings (SSSR count). The third-order valence-corrected chi connectivity index (χ3v) is 10.1. The molecule has 0 saturated heterocycles. The van der Waals surface area contributed by atoms with Crippen LogP contribution in [-0.4, -0.2) is 44.3 Å². The molecule has 11 heteroatoms.